The van der Waals surface area contributed by atoms with Crippen molar-refractivity contribution in [3.63, 3.8) is 0 Å². The molecular formula is C9H16N2O4S2. The van der Waals surface area contributed by atoms with Crippen molar-refractivity contribution < 1.29 is 13.5 Å². The van der Waals surface area contributed by atoms with Crippen LogP contribution in [-0.2, 0) is 10.0 Å². The van der Waals surface area contributed by atoms with Gasteiger partial charge in [-0.05, 0) is 13.3 Å². The van der Waals surface area contributed by atoms with Gasteiger partial charge in [-0.25, -0.2) is 13.1 Å². The molecule has 0 saturated carbocycles. The van der Waals surface area contributed by atoms with E-state index in [2.05, 4.69) is 9.71 Å². The number of nitrogens with one attached hydrogen (secondary N) is 2. The Kier molecular flexibility index (Phi) is 4.87. The highest BCUT2D eigenvalue weighted by molar-refractivity contribution is 7.91. The van der Waals surface area contributed by atoms with Gasteiger partial charge in [0.15, 0.2) is 4.21 Å². The summed E-state index contributed by atoms with van der Waals surface area (Å²) in [5.41, 5.74) is 0.317. The smallest absolute Gasteiger partial charge is 0.305 e. The Hall–Kier alpha value is -0.700. The van der Waals surface area contributed by atoms with Crippen LogP contribution in [0.15, 0.2) is 9.00 Å². The van der Waals surface area contributed by atoms with Gasteiger partial charge in [0, 0.05) is 12.2 Å². The number of aromatic nitrogens is 1. The largest absolute Gasteiger partial charge is 0.392 e. The average Bonchev–Trinajstić information content (AvgIpc) is 2.56. The molecule has 0 spiro atoms. The quantitative estimate of drug-likeness (QED) is 0.692. The standard InChI is InChI=1S/C9H16N2O4S2/c1-3-4-7(12)5-10-17(14,15)8-6(2)11-9(13)16-8/h7,10,12H,3-5H2,1-2H3,(H,11,13). The van der Waals surface area contributed by atoms with Gasteiger partial charge in [-0.2, -0.15) is 0 Å². The molecule has 0 bridgehead atoms. The first-order valence-electron chi connectivity index (χ1n) is 5.24. The van der Waals surface area contributed by atoms with E-state index in [1.165, 1.54) is 6.92 Å². The maximum absolute atomic E-state index is 11.8. The van der Waals surface area contributed by atoms with Crippen LogP contribution < -0.4 is 9.60 Å². The number of thiazole rings is 1. The van der Waals surface area contributed by atoms with Crippen LogP contribution in [0.4, 0.5) is 0 Å². The van der Waals surface area contributed by atoms with Gasteiger partial charge in [-0.1, -0.05) is 24.7 Å². The van der Waals surface area contributed by atoms with Gasteiger partial charge < -0.3 is 10.1 Å². The highest BCUT2D eigenvalue weighted by Crippen LogP contribution is 2.15. The van der Waals surface area contributed by atoms with Crippen molar-refractivity contribution in [3.05, 3.63) is 15.4 Å². The average molecular weight is 280 g/mol. The number of aliphatic hydroxyl groups excluding tert-OH is 1. The summed E-state index contributed by atoms with van der Waals surface area (Å²) in [5, 5.41) is 9.44. The number of aliphatic hydroxyl groups is 1. The van der Waals surface area contributed by atoms with Crippen molar-refractivity contribution in [2.75, 3.05) is 6.54 Å². The summed E-state index contributed by atoms with van der Waals surface area (Å²) in [5.74, 6) is 0. The number of hydrogen-bond acceptors (Lipinski definition) is 5. The molecule has 0 aliphatic rings. The van der Waals surface area contributed by atoms with E-state index in [0.717, 1.165) is 6.42 Å². The monoisotopic (exact) mass is 280 g/mol. The lowest BCUT2D eigenvalue weighted by molar-refractivity contribution is 0.167. The third-order valence-corrected chi connectivity index (χ3v) is 5.18. The Morgan fingerprint density at radius 2 is 2.18 bits per heavy atom. The van der Waals surface area contributed by atoms with Crippen LogP contribution in [-0.4, -0.2) is 31.2 Å². The molecule has 3 N–H and O–H groups in total. The van der Waals surface area contributed by atoms with Crippen LogP contribution >= 0.6 is 11.3 Å². The second-order valence-corrected chi connectivity index (χ2v) is 6.67. The van der Waals surface area contributed by atoms with E-state index in [1.807, 2.05) is 6.92 Å². The molecule has 1 atom stereocenters. The predicted octanol–water partition coefficient (Wildman–Crippen LogP) is 0.184. The lowest BCUT2D eigenvalue weighted by atomic mass is 10.2. The fourth-order valence-corrected chi connectivity index (χ4v) is 3.77. The Balaban J connectivity index is 2.76. The maximum atomic E-state index is 11.8. The molecule has 1 aromatic heterocycles. The minimum atomic E-state index is -3.71. The van der Waals surface area contributed by atoms with Gasteiger partial charge in [-0.3, -0.25) is 4.79 Å². The molecule has 1 unspecified atom stereocenters. The second-order valence-electron chi connectivity index (χ2n) is 3.72. The first kappa shape index (κ1) is 14.4. The summed E-state index contributed by atoms with van der Waals surface area (Å²) in [6.07, 6.45) is 0.607. The number of H-pyrrole nitrogens is 1. The third kappa shape index (κ3) is 3.91. The van der Waals surface area contributed by atoms with Gasteiger partial charge in [0.05, 0.1) is 6.10 Å². The van der Waals surface area contributed by atoms with Crippen LogP contribution in [0.2, 0.25) is 0 Å². The van der Waals surface area contributed by atoms with Crippen LogP contribution in [0.25, 0.3) is 0 Å². The van der Waals surface area contributed by atoms with Crippen molar-refractivity contribution in [1.29, 1.82) is 0 Å². The molecule has 6 nitrogen and oxygen atoms in total. The molecule has 0 saturated heterocycles. The molecule has 1 aromatic rings. The van der Waals surface area contributed by atoms with Gasteiger partial charge >= 0.3 is 4.87 Å². The third-order valence-electron chi connectivity index (χ3n) is 2.16. The van der Waals surface area contributed by atoms with E-state index in [-0.39, 0.29) is 10.8 Å². The van der Waals surface area contributed by atoms with Crippen LogP contribution in [0.3, 0.4) is 0 Å². The predicted molar refractivity (Wildman–Crippen MR) is 65.8 cm³/mol. The lowest BCUT2D eigenvalue weighted by Gasteiger charge is -2.10. The van der Waals surface area contributed by atoms with Gasteiger partial charge in [-0.15, -0.1) is 0 Å². The number of hydrogen-bond donors (Lipinski definition) is 3. The van der Waals surface area contributed by atoms with Gasteiger partial charge in [0.1, 0.15) is 0 Å². The van der Waals surface area contributed by atoms with Gasteiger partial charge in [0.25, 0.3) is 10.0 Å². The number of sulfonamides is 1. The number of rotatable bonds is 6. The highest BCUT2D eigenvalue weighted by atomic mass is 32.2. The molecule has 0 radical (unpaired) electrons. The number of aromatic amines is 1. The van der Waals surface area contributed by atoms with Crippen molar-refractivity contribution >= 4 is 21.4 Å². The van der Waals surface area contributed by atoms with E-state index >= 15 is 0 Å². The molecule has 0 amide bonds. The molecule has 1 heterocycles. The first-order chi connectivity index (χ1) is 7.86. The van der Waals surface area contributed by atoms with E-state index in [4.69, 9.17) is 0 Å². The molecular weight excluding hydrogens is 264 g/mol. The van der Waals surface area contributed by atoms with E-state index < -0.39 is 21.0 Å². The van der Waals surface area contributed by atoms with Crippen molar-refractivity contribution in [1.82, 2.24) is 9.71 Å². The maximum Gasteiger partial charge on any atom is 0.305 e. The SMILES string of the molecule is CCCC(O)CNS(=O)(=O)c1sc(=O)[nH]c1C. The summed E-state index contributed by atoms with van der Waals surface area (Å²) in [7, 11) is -3.71. The second kappa shape index (κ2) is 5.76. The van der Waals surface area contributed by atoms with E-state index in [0.29, 0.717) is 23.5 Å². The highest BCUT2D eigenvalue weighted by Gasteiger charge is 2.21. The Bertz CT molecular complexity index is 517. The first-order valence-corrected chi connectivity index (χ1v) is 7.54. The lowest BCUT2D eigenvalue weighted by Crippen LogP contribution is -2.32. The zero-order valence-corrected chi connectivity index (χ0v) is 11.3. The van der Waals surface area contributed by atoms with Crippen molar-refractivity contribution in [3.8, 4) is 0 Å². The number of aryl methyl sites for hydroxylation is 1. The minimum Gasteiger partial charge on any atom is -0.392 e. The molecule has 1 rings (SSSR count). The van der Waals surface area contributed by atoms with Crippen molar-refractivity contribution in [2.24, 2.45) is 0 Å². The summed E-state index contributed by atoms with van der Waals surface area (Å²) in [4.78, 5) is 13.0. The fourth-order valence-electron chi connectivity index (χ4n) is 1.35. The Labute approximate surface area is 104 Å². The fraction of sp³-hybridized carbons (Fsp3) is 0.667. The Morgan fingerprint density at radius 3 is 2.65 bits per heavy atom. The topological polar surface area (TPSA) is 99.3 Å². The molecule has 98 valence electrons. The molecule has 0 aliphatic heterocycles. The van der Waals surface area contributed by atoms with E-state index in [9.17, 15) is 18.3 Å². The zero-order chi connectivity index (χ0) is 13.1. The molecule has 17 heavy (non-hydrogen) atoms. The summed E-state index contributed by atoms with van der Waals surface area (Å²) in [6, 6.07) is 0. The normalized spacial score (nSPS) is 13.8. The van der Waals surface area contributed by atoms with Crippen LogP contribution in [0.5, 0.6) is 0 Å². The van der Waals surface area contributed by atoms with E-state index in [1.54, 1.807) is 0 Å². The molecule has 0 aromatic carbocycles. The molecule has 0 aliphatic carbocycles. The summed E-state index contributed by atoms with van der Waals surface area (Å²) in [6.45, 7) is 3.39. The molecule has 0 fully saturated rings. The van der Waals surface area contributed by atoms with Gasteiger partial charge in [0.2, 0.25) is 0 Å². The minimum absolute atomic E-state index is 0.0220. The zero-order valence-electron chi connectivity index (χ0n) is 9.69. The Morgan fingerprint density at radius 1 is 1.53 bits per heavy atom. The van der Waals surface area contributed by atoms with Crippen LogP contribution in [0.1, 0.15) is 25.5 Å². The van der Waals surface area contributed by atoms with Crippen LogP contribution in [0, 0.1) is 6.92 Å². The summed E-state index contributed by atoms with van der Waals surface area (Å²) >= 11 is 0.643. The summed E-state index contributed by atoms with van der Waals surface area (Å²) < 4.78 is 25.9. The molecule has 8 heteroatoms. The van der Waals surface area contributed by atoms with Crippen molar-refractivity contribution in [2.45, 2.75) is 37.0 Å².